The molecule has 1 aromatic carbocycles. The summed E-state index contributed by atoms with van der Waals surface area (Å²) >= 11 is 0. The Morgan fingerprint density at radius 3 is 2.45 bits per heavy atom. The number of hydrogen-bond donors (Lipinski definition) is 2. The number of benzene rings is 1. The second kappa shape index (κ2) is 10.9. The van der Waals surface area contributed by atoms with Gasteiger partial charge in [0.15, 0.2) is 0 Å². The van der Waals surface area contributed by atoms with Gasteiger partial charge in [-0.3, -0.25) is 4.79 Å². The highest BCUT2D eigenvalue weighted by Gasteiger charge is 2.22. The maximum Gasteiger partial charge on any atom is 0.335 e. The number of carbonyl (C=O) groups is 2. The molecule has 1 aromatic heterocycles. The summed E-state index contributed by atoms with van der Waals surface area (Å²) in [4.78, 5) is 28.7. The third kappa shape index (κ3) is 7.09. The Labute approximate surface area is 185 Å². The van der Waals surface area contributed by atoms with Crippen LogP contribution in [0.5, 0.6) is 5.88 Å². The van der Waals surface area contributed by atoms with Crippen molar-refractivity contribution in [1.82, 2.24) is 4.98 Å². The molecule has 31 heavy (non-hydrogen) atoms. The monoisotopic (exact) mass is 426 g/mol. The number of methoxy groups -OCH3 is 1. The van der Waals surface area contributed by atoms with Crippen molar-refractivity contribution in [3.63, 3.8) is 0 Å². The van der Waals surface area contributed by atoms with Crippen molar-refractivity contribution in [1.29, 1.82) is 0 Å². The molecule has 0 bridgehead atoms. The van der Waals surface area contributed by atoms with Gasteiger partial charge in [0.1, 0.15) is 0 Å². The zero-order valence-corrected chi connectivity index (χ0v) is 19.2. The van der Waals surface area contributed by atoms with Crippen LogP contribution >= 0.6 is 0 Å². The second-order valence-electron chi connectivity index (χ2n) is 8.89. The van der Waals surface area contributed by atoms with Crippen LogP contribution < -0.4 is 10.1 Å². The Bertz CT molecular complexity index is 885. The molecule has 0 aliphatic carbocycles. The maximum atomic E-state index is 13.0. The van der Waals surface area contributed by atoms with E-state index in [2.05, 4.69) is 17.2 Å². The number of aromatic carboxylic acids is 1. The second-order valence-corrected chi connectivity index (χ2v) is 8.89. The summed E-state index contributed by atoms with van der Waals surface area (Å²) in [5.41, 5.74) is 2.38. The Morgan fingerprint density at radius 1 is 1.16 bits per heavy atom. The number of nitrogens with zero attached hydrogens (tertiary/aromatic N) is 1. The fraction of sp³-hybridized carbons (Fsp3) is 0.480. The van der Waals surface area contributed by atoms with Crippen molar-refractivity contribution >= 4 is 17.6 Å². The van der Waals surface area contributed by atoms with Crippen molar-refractivity contribution < 1.29 is 19.4 Å². The van der Waals surface area contributed by atoms with E-state index in [1.54, 1.807) is 31.5 Å². The van der Waals surface area contributed by atoms with E-state index < -0.39 is 5.97 Å². The molecular formula is C25H34N2O4. The van der Waals surface area contributed by atoms with Gasteiger partial charge in [-0.15, -0.1) is 0 Å². The van der Waals surface area contributed by atoms with Gasteiger partial charge in [-0.25, -0.2) is 9.78 Å². The van der Waals surface area contributed by atoms with Crippen LogP contribution in [-0.2, 0) is 10.2 Å². The first-order chi connectivity index (χ1) is 14.7. The minimum Gasteiger partial charge on any atom is -0.481 e. The topological polar surface area (TPSA) is 88.5 Å². The van der Waals surface area contributed by atoms with E-state index in [0.717, 1.165) is 36.8 Å². The van der Waals surface area contributed by atoms with Crippen molar-refractivity contribution in [2.75, 3.05) is 12.4 Å². The van der Waals surface area contributed by atoms with Crippen LogP contribution in [0.4, 0.5) is 5.69 Å². The van der Waals surface area contributed by atoms with Gasteiger partial charge in [0.05, 0.1) is 12.7 Å². The zero-order chi connectivity index (χ0) is 23.0. The van der Waals surface area contributed by atoms with E-state index in [0.29, 0.717) is 18.0 Å². The Hall–Kier alpha value is -2.89. The number of anilines is 1. The average molecular weight is 427 g/mol. The summed E-state index contributed by atoms with van der Waals surface area (Å²) in [6, 6.07) is 8.68. The zero-order valence-electron chi connectivity index (χ0n) is 19.2. The summed E-state index contributed by atoms with van der Waals surface area (Å²) in [5.74, 6) is -0.574. The van der Waals surface area contributed by atoms with Gasteiger partial charge in [-0.1, -0.05) is 59.1 Å². The molecule has 0 saturated heterocycles. The van der Waals surface area contributed by atoms with E-state index >= 15 is 0 Å². The first kappa shape index (κ1) is 24.4. The van der Waals surface area contributed by atoms with Gasteiger partial charge in [0.2, 0.25) is 11.8 Å². The summed E-state index contributed by atoms with van der Waals surface area (Å²) in [6.07, 6.45) is 6.21. The summed E-state index contributed by atoms with van der Waals surface area (Å²) < 4.78 is 5.14. The number of rotatable bonds is 10. The van der Waals surface area contributed by atoms with Crippen LogP contribution in [0.1, 0.15) is 87.2 Å². The van der Waals surface area contributed by atoms with Crippen LogP contribution in [0.15, 0.2) is 36.5 Å². The molecule has 168 valence electrons. The lowest BCUT2D eigenvalue weighted by atomic mass is 9.85. The highest BCUT2D eigenvalue weighted by molar-refractivity contribution is 5.95. The van der Waals surface area contributed by atoms with Gasteiger partial charge in [0.25, 0.3) is 0 Å². The van der Waals surface area contributed by atoms with Crippen LogP contribution in [-0.4, -0.2) is 29.1 Å². The summed E-state index contributed by atoms with van der Waals surface area (Å²) in [6.45, 7) is 8.26. The largest absolute Gasteiger partial charge is 0.481 e. The molecule has 6 nitrogen and oxygen atoms in total. The maximum absolute atomic E-state index is 13.0. The Balaban J connectivity index is 2.24. The fourth-order valence-corrected chi connectivity index (χ4v) is 3.64. The molecule has 2 aromatic rings. The molecule has 0 radical (unpaired) electrons. The number of carboxylic acid groups (broad SMARTS) is 1. The van der Waals surface area contributed by atoms with Gasteiger partial charge in [-0.05, 0) is 41.0 Å². The number of amides is 1. The van der Waals surface area contributed by atoms with Crippen molar-refractivity contribution in [2.24, 2.45) is 0 Å². The molecule has 2 N–H and O–H groups in total. The number of aromatic nitrogens is 1. The highest BCUT2D eigenvalue weighted by atomic mass is 16.5. The van der Waals surface area contributed by atoms with E-state index in [1.807, 2.05) is 32.9 Å². The predicted octanol–water partition coefficient (Wildman–Crippen LogP) is 5.78. The molecule has 0 spiro atoms. The van der Waals surface area contributed by atoms with Crippen LogP contribution in [0.3, 0.4) is 0 Å². The van der Waals surface area contributed by atoms with Gasteiger partial charge in [-0.2, -0.15) is 0 Å². The normalized spacial score (nSPS) is 12.3. The number of ether oxygens (including phenoxy) is 1. The molecule has 1 amide bonds. The van der Waals surface area contributed by atoms with Gasteiger partial charge < -0.3 is 15.2 Å². The number of unbranched alkanes of at least 4 members (excludes halogenated alkanes) is 2. The average Bonchev–Trinajstić information content (AvgIpc) is 2.72. The van der Waals surface area contributed by atoms with Crippen LogP contribution in [0.2, 0.25) is 0 Å². The fourth-order valence-electron chi connectivity index (χ4n) is 3.64. The highest BCUT2D eigenvalue weighted by Crippen LogP contribution is 2.32. The van der Waals surface area contributed by atoms with E-state index in [-0.39, 0.29) is 22.8 Å². The predicted molar refractivity (Wildman–Crippen MR) is 123 cm³/mol. The molecule has 0 aliphatic rings. The minimum absolute atomic E-state index is 0.0331. The Kier molecular flexibility index (Phi) is 8.60. The lowest BCUT2D eigenvalue weighted by Gasteiger charge is -2.24. The van der Waals surface area contributed by atoms with E-state index in [4.69, 9.17) is 4.74 Å². The molecule has 1 atom stereocenters. The standard InChI is InChI=1S/C25H34N2O4/c1-6-7-8-9-17(19-11-13-23(31-5)26-16-19)15-22(28)27-21-14-18(24(29)30)10-12-20(21)25(2,3)4/h10-14,16-17H,6-9,15H2,1-5H3,(H,27,28)(H,29,30). The molecule has 1 unspecified atom stereocenters. The van der Waals surface area contributed by atoms with Gasteiger partial charge >= 0.3 is 5.97 Å². The third-order valence-electron chi connectivity index (χ3n) is 5.38. The summed E-state index contributed by atoms with van der Waals surface area (Å²) in [5, 5.41) is 12.3. The SMILES string of the molecule is CCCCCC(CC(=O)Nc1cc(C(=O)O)ccc1C(C)(C)C)c1ccc(OC)nc1. The van der Waals surface area contributed by atoms with E-state index in [9.17, 15) is 14.7 Å². The van der Waals surface area contributed by atoms with Crippen LogP contribution in [0.25, 0.3) is 0 Å². The van der Waals surface area contributed by atoms with Crippen molar-refractivity contribution in [3.8, 4) is 5.88 Å². The first-order valence-corrected chi connectivity index (χ1v) is 10.8. The molecule has 1 heterocycles. The van der Waals surface area contributed by atoms with Crippen LogP contribution in [0, 0.1) is 0 Å². The number of nitrogens with one attached hydrogen (secondary N) is 1. The minimum atomic E-state index is -1.02. The number of carboxylic acids is 1. The molecule has 0 fully saturated rings. The van der Waals surface area contributed by atoms with Crippen molar-refractivity contribution in [2.45, 2.75) is 71.1 Å². The van der Waals surface area contributed by atoms with Crippen molar-refractivity contribution in [3.05, 3.63) is 53.2 Å². The molecule has 0 saturated carbocycles. The number of hydrogen-bond acceptors (Lipinski definition) is 4. The molecular weight excluding hydrogens is 392 g/mol. The smallest absolute Gasteiger partial charge is 0.335 e. The summed E-state index contributed by atoms with van der Waals surface area (Å²) in [7, 11) is 1.58. The van der Waals surface area contributed by atoms with Gasteiger partial charge in [0, 0.05) is 24.4 Å². The molecule has 6 heteroatoms. The van der Waals surface area contributed by atoms with E-state index in [1.165, 1.54) is 0 Å². The third-order valence-corrected chi connectivity index (χ3v) is 5.38. The molecule has 2 rings (SSSR count). The number of pyridine rings is 1. The Morgan fingerprint density at radius 2 is 1.90 bits per heavy atom. The lowest BCUT2D eigenvalue weighted by molar-refractivity contribution is -0.116. The number of carbonyl (C=O) groups excluding carboxylic acids is 1. The molecule has 0 aliphatic heterocycles. The first-order valence-electron chi connectivity index (χ1n) is 10.8. The lowest BCUT2D eigenvalue weighted by Crippen LogP contribution is -2.21. The quantitative estimate of drug-likeness (QED) is 0.470.